The van der Waals surface area contributed by atoms with E-state index in [1.165, 1.54) is 12.1 Å². The molecule has 3 aromatic rings. The van der Waals surface area contributed by atoms with Crippen LogP contribution >= 0.6 is 0 Å². The zero-order valence-electron chi connectivity index (χ0n) is 19.9. The van der Waals surface area contributed by atoms with Gasteiger partial charge in [-0.25, -0.2) is 13.2 Å². The third-order valence-corrected chi connectivity index (χ3v) is 7.04. The Hall–Kier alpha value is -3.05. The van der Waals surface area contributed by atoms with Gasteiger partial charge >= 0.3 is 0 Å². The van der Waals surface area contributed by atoms with E-state index in [2.05, 4.69) is 0 Å². The molecule has 1 aliphatic rings. The number of aliphatic hydroxyl groups excluding tert-OH is 1. The van der Waals surface area contributed by atoms with Crippen LogP contribution in [-0.2, 0) is 0 Å². The van der Waals surface area contributed by atoms with Gasteiger partial charge in [-0.1, -0.05) is 68.0 Å². The summed E-state index contributed by atoms with van der Waals surface area (Å²) in [6.07, 6.45) is 8.05. The lowest BCUT2D eigenvalue weighted by Crippen LogP contribution is -2.12. The van der Waals surface area contributed by atoms with Gasteiger partial charge in [-0.15, -0.1) is 0 Å². The van der Waals surface area contributed by atoms with Crippen molar-refractivity contribution in [3.63, 3.8) is 0 Å². The normalized spacial score (nSPS) is 19.2. The second kappa shape index (κ2) is 11.1. The summed E-state index contributed by atoms with van der Waals surface area (Å²) in [5.41, 5.74) is 2.62. The first-order chi connectivity index (χ1) is 16.9. The van der Waals surface area contributed by atoms with Crippen molar-refractivity contribution in [3.05, 3.63) is 94.8 Å². The maximum atomic E-state index is 14.9. The molecule has 0 aromatic heterocycles. The minimum absolute atomic E-state index is 0.192. The van der Waals surface area contributed by atoms with Gasteiger partial charge < -0.3 is 10.2 Å². The maximum absolute atomic E-state index is 14.9. The summed E-state index contributed by atoms with van der Waals surface area (Å²) in [5.74, 6) is -2.21. The molecule has 0 radical (unpaired) electrons. The number of benzene rings is 3. The van der Waals surface area contributed by atoms with Crippen LogP contribution in [0.25, 0.3) is 17.2 Å². The highest BCUT2D eigenvalue weighted by Gasteiger charge is 2.22. The summed E-state index contributed by atoms with van der Waals surface area (Å²) in [6.45, 7) is 2.00. The summed E-state index contributed by atoms with van der Waals surface area (Å²) in [6, 6.07) is 14.7. The molecule has 0 heterocycles. The van der Waals surface area contributed by atoms with E-state index in [1.54, 1.807) is 48.5 Å². The number of allylic oxidation sites excluding steroid dienone is 1. The Labute approximate surface area is 204 Å². The lowest BCUT2D eigenvalue weighted by atomic mass is 9.78. The Morgan fingerprint density at radius 2 is 1.63 bits per heavy atom. The molecule has 0 bridgehead atoms. The molecule has 2 nitrogen and oxygen atoms in total. The summed E-state index contributed by atoms with van der Waals surface area (Å²) in [5, 5.41) is 19.5. The SMILES string of the molecule is CCCC(O)c1ccc(-c2ccc(/C=C/C3CCC(c4ccc(O)c(F)c4)CC3)c(F)c2F)cc1. The highest BCUT2D eigenvalue weighted by atomic mass is 19.2. The molecule has 1 unspecified atom stereocenters. The zero-order chi connectivity index (χ0) is 24.9. The van der Waals surface area contributed by atoms with E-state index in [4.69, 9.17) is 0 Å². The number of phenolic OH excluding ortho intramolecular Hbond substituents is 1. The molecule has 0 amide bonds. The van der Waals surface area contributed by atoms with Gasteiger partial charge in [-0.3, -0.25) is 0 Å². The molecule has 0 aliphatic heterocycles. The van der Waals surface area contributed by atoms with Crippen LogP contribution in [0, 0.1) is 23.4 Å². The summed E-state index contributed by atoms with van der Waals surface area (Å²) >= 11 is 0. The fourth-order valence-electron chi connectivity index (χ4n) is 4.90. The number of halogens is 3. The minimum Gasteiger partial charge on any atom is -0.505 e. The van der Waals surface area contributed by atoms with Crippen LogP contribution in [0.2, 0.25) is 0 Å². The molecule has 1 atom stereocenters. The monoisotopic (exact) mass is 480 g/mol. The molecule has 1 saturated carbocycles. The number of hydrogen-bond donors (Lipinski definition) is 2. The van der Waals surface area contributed by atoms with Gasteiger partial charge in [-0.2, -0.15) is 0 Å². The molecule has 184 valence electrons. The van der Waals surface area contributed by atoms with Crippen molar-refractivity contribution >= 4 is 6.08 Å². The number of phenols is 1. The summed E-state index contributed by atoms with van der Waals surface area (Å²) in [4.78, 5) is 0. The number of aromatic hydroxyl groups is 1. The largest absolute Gasteiger partial charge is 0.505 e. The van der Waals surface area contributed by atoms with E-state index in [0.29, 0.717) is 12.0 Å². The standard InChI is InChI=1S/C30H31F3O2/c1-2-3-27(34)22-12-10-21(11-13-22)25-16-14-23(29(32)30(25)33)9-6-19-4-7-20(8-5-19)24-15-17-28(35)26(31)18-24/h6,9-20,27,34-35H,2-5,7-8H2,1H3/b9-6+. The molecule has 3 aromatic carbocycles. The molecule has 5 heteroatoms. The lowest BCUT2D eigenvalue weighted by molar-refractivity contribution is 0.166. The first-order valence-electron chi connectivity index (χ1n) is 12.3. The fourth-order valence-corrected chi connectivity index (χ4v) is 4.90. The van der Waals surface area contributed by atoms with Crippen LogP contribution in [0.3, 0.4) is 0 Å². The average Bonchev–Trinajstić information content (AvgIpc) is 2.87. The summed E-state index contributed by atoms with van der Waals surface area (Å²) < 4.78 is 43.4. The van der Waals surface area contributed by atoms with Crippen LogP contribution in [0.15, 0.2) is 60.7 Å². The molecular weight excluding hydrogens is 449 g/mol. The van der Waals surface area contributed by atoms with Crippen molar-refractivity contribution < 1.29 is 23.4 Å². The van der Waals surface area contributed by atoms with Gasteiger partial charge in [0.25, 0.3) is 0 Å². The second-order valence-electron chi connectivity index (χ2n) is 9.44. The van der Waals surface area contributed by atoms with E-state index < -0.39 is 23.6 Å². The molecule has 4 rings (SSSR count). The smallest absolute Gasteiger partial charge is 0.167 e. The van der Waals surface area contributed by atoms with E-state index in [9.17, 15) is 23.4 Å². The van der Waals surface area contributed by atoms with Crippen molar-refractivity contribution in [2.45, 2.75) is 57.5 Å². The van der Waals surface area contributed by atoms with Crippen molar-refractivity contribution in [2.75, 3.05) is 0 Å². The highest BCUT2D eigenvalue weighted by molar-refractivity contribution is 5.67. The van der Waals surface area contributed by atoms with Gasteiger partial charge in [0.1, 0.15) is 0 Å². The van der Waals surface area contributed by atoms with Crippen molar-refractivity contribution in [2.24, 2.45) is 5.92 Å². The van der Waals surface area contributed by atoms with E-state index in [1.807, 2.05) is 13.0 Å². The first kappa shape index (κ1) is 25.1. The highest BCUT2D eigenvalue weighted by Crippen LogP contribution is 2.38. The van der Waals surface area contributed by atoms with Gasteiger partial charge in [0.15, 0.2) is 23.2 Å². The summed E-state index contributed by atoms with van der Waals surface area (Å²) in [7, 11) is 0. The van der Waals surface area contributed by atoms with E-state index in [0.717, 1.165) is 43.2 Å². The van der Waals surface area contributed by atoms with Crippen molar-refractivity contribution in [1.82, 2.24) is 0 Å². The van der Waals surface area contributed by atoms with Gasteiger partial charge in [-0.05, 0) is 72.8 Å². The van der Waals surface area contributed by atoms with Crippen molar-refractivity contribution in [3.8, 4) is 16.9 Å². The maximum Gasteiger partial charge on any atom is 0.167 e. The Bertz CT molecular complexity index is 1180. The molecular formula is C30H31F3O2. The van der Waals surface area contributed by atoms with E-state index >= 15 is 0 Å². The van der Waals surface area contributed by atoms with Gasteiger partial charge in [0, 0.05) is 11.1 Å². The molecule has 0 spiro atoms. The quantitative estimate of drug-likeness (QED) is 0.357. The van der Waals surface area contributed by atoms with Crippen molar-refractivity contribution in [1.29, 1.82) is 0 Å². The third kappa shape index (κ3) is 5.79. The predicted octanol–water partition coefficient (Wildman–Crippen LogP) is 8.30. The van der Waals surface area contributed by atoms with Gasteiger partial charge in [0.05, 0.1) is 6.10 Å². The van der Waals surface area contributed by atoms with Gasteiger partial charge in [0.2, 0.25) is 0 Å². The second-order valence-corrected chi connectivity index (χ2v) is 9.44. The molecule has 0 saturated heterocycles. The van der Waals surface area contributed by atoms with Crippen LogP contribution in [-0.4, -0.2) is 10.2 Å². The Morgan fingerprint density at radius 1 is 0.914 bits per heavy atom. The Kier molecular flexibility index (Phi) is 7.97. The molecule has 35 heavy (non-hydrogen) atoms. The molecule has 2 N–H and O–H groups in total. The zero-order valence-corrected chi connectivity index (χ0v) is 19.9. The third-order valence-electron chi connectivity index (χ3n) is 7.04. The minimum atomic E-state index is -0.882. The van der Waals surface area contributed by atoms with Crippen LogP contribution in [0.1, 0.15) is 74.2 Å². The number of hydrogen-bond acceptors (Lipinski definition) is 2. The fraction of sp³-hybridized carbons (Fsp3) is 0.333. The Balaban J connectivity index is 1.41. The first-order valence-corrected chi connectivity index (χ1v) is 12.3. The lowest BCUT2D eigenvalue weighted by Gasteiger charge is -2.27. The Morgan fingerprint density at radius 3 is 2.29 bits per heavy atom. The average molecular weight is 481 g/mol. The van der Waals surface area contributed by atoms with Crippen LogP contribution < -0.4 is 0 Å². The number of aliphatic hydroxyl groups is 1. The molecule has 1 aliphatic carbocycles. The molecule has 1 fully saturated rings. The van der Waals surface area contributed by atoms with Crippen LogP contribution in [0.5, 0.6) is 5.75 Å². The topological polar surface area (TPSA) is 40.5 Å². The number of rotatable bonds is 7. The van der Waals surface area contributed by atoms with Crippen LogP contribution in [0.4, 0.5) is 13.2 Å². The van der Waals surface area contributed by atoms with E-state index in [-0.39, 0.29) is 28.7 Å². The predicted molar refractivity (Wildman–Crippen MR) is 133 cm³/mol.